The van der Waals surface area contributed by atoms with Gasteiger partial charge in [0.05, 0.1) is 13.1 Å². The fourth-order valence-electron chi connectivity index (χ4n) is 0.980. The summed E-state index contributed by atoms with van der Waals surface area (Å²) in [4.78, 5) is 22.4. The van der Waals surface area contributed by atoms with Gasteiger partial charge in [0.25, 0.3) is 0 Å². The van der Waals surface area contributed by atoms with Crippen LogP contribution >= 0.6 is 0 Å². The van der Waals surface area contributed by atoms with Crippen LogP contribution in [-0.2, 0) is 9.59 Å². The van der Waals surface area contributed by atoms with E-state index in [9.17, 15) is 9.59 Å². The first kappa shape index (κ1) is 14.9. The van der Waals surface area contributed by atoms with Gasteiger partial charge in [-0.25, -0.2) is 0 Å². The van der Waals surface area contributed by atoms with E-state index in [2.05, 4.69) is 16.0 Å². The summed E-state index contributed by atoms with van der Waals surface area (Å²) in [5.74, 6) is -0.286. The molecule has 2 amide bonds. The van der Waals surface area contributed by atoms with Crippen LogP contribution in [0.2, 0.25) is 0 Å². The molecule has 3 N–H and O–H groups in total. The van der Waals surface area contributed by atoms with Crippen LogP contribution in [0.4, 0.5) is 0 Å². The smallest absolute Gasteiger partial charge is 0.239 e. The van der Waals surface area contributed by atoms with Gasteiger partial charge >= 0.3 is 0 Å². The fraction of sp³-hybridized carbons (Fsp3) is 0.818. The predicted molar refractivity (Wildman–Crippen MR) is 64.1 cm³/mol. The third-order valence-corrected chi connectivity index (χ3v) is 2.24. The van der Waals surface area contributed by atoms with E-state index in [1.165, 1.54) is 0 Å². The Morgan fingerprint density at radius 2 is 1.69 bits per heavy atom. The van der Waals surface area contributed by atoms with Gasteiger partial charge in [-0.1, -0.05) is 13.8 Å². The molecule has 0 radical (unpaired) electrons. The third-order valence-electron chi connectivity index (χ3n) is 2.24. The van der Waals surface area contributed by atoms with Crippen molar-refractivity contribution in [3.63, 3.8) is 0 Å². The standard InChI is InChI=1S/C11H23N3O2/c1-4-6-12-10(15)8-14-11(16)7-13-9(3)5-2/h9,13H,4-8H2,1-3H3,(H,12,15)(H,14,16). The summed E-state index contributed by atoms with van der Waals surface area (Å²) in [6, 6.07) is 0.319. The number of carbonyl (C=O) groups excluding carboxylic acids is 2. The minimum absolute atomic E-state index is 0.0566. The molecule has 0 aromatic carbocycles. The first-order chi connectivity index (χ1) is 7.60. The van der Waals surface area contributed by atoms with Gasteiger partial charge in [0, 0.05) is 12.6 Å². The average molecular weight is 229 g/mol. The zero-order valence-electron chi connectivity index (χ0n) is 10.4. The van der Waals surface area contributed by atoms with E-state index in [1.807, 2.05) is 20.8 Å². The molecule has 0 saturated carbocycles. The first-order valence-electron chi connectivity index (χ1n) is 5.86. The molecule has 16 heavy (non-hydrogen) atoms. The second-order valence-corrected chi connectivity index (χ2v) is 3.82. The highest BCUT2D eigenvalue weighted by molar-refractivity contribution is 5.85. The molecule has 5 heteroatoms. The van der Waals surface area contributed by atoms with Crippen molar-refractivity contribution in [3.8, 4) is 0 Å². The Morgan fingerprint density at radius 3 is 2.25 bits per heavy atom. The van der Waals surface area contributed by atoms with E-state index >= 15 is 0 Å². The Morgan fingerprint density at radius 1 is 1.06 bits per heavy atom. The molecule has 0 fully saturated rings. The second-order valence-electron chi connectivity index (χ2n) is 3.82. The highest BCUT2D eigenvalue weighted by atomic mass is 16.2. The number of rotatable bonds is 8. The molecule has 0 aliphatic heterocycles. The average Bonchev–Trinajstić information content (AvgIpc) is 2.30. The van der Waals surface area contributed by atoms with Crippen molar-refractivity contribution < 1.29 is 9.59 Å². The monoisotopic (exact) mass is 229 g/mol. The normalized spacial score (nSPS) is 11.9. The SMILES string of the molecule is CCCNC(=O)CNC(=O)CNC(C)CC. The van der Waals surface area contributed by atoms with Crippen LogP contribution < -0.4 is 16.0 Å². The molecule has 1 unspecified atom stereocenters. The van der Waals surface area contributed by atoms with Crippen LogP contribution in [0.15, 0.2) is 0 Å². The van der Waals surface area contributed by atoms with Crippen LogP contribution in [0.3, 0.4) is 0 Å². The molecule has 0 rings (SSSR count). The Labute approximate surface area is 97.4 Å². The van der Waals surface area contributed by atoms with Crippen LogP contribution in [0.1, 0.15) is 33.6 Å². The van der Waals surface area contributed by atoms with Gasteiger partial charge in [-0.2, -0.15) is 0 Å². The van der Waals surface area contributed by atoms with Crippen molar-refractivity contribution in [2.45, 2.75) is 39.7 Å². The molecule has 1 atom stereocenters. The number of hydrogen-bond acceptors (Lipinski definition) is 3. The highest BCUT2D eigenvalue weighted by Crippen LogP contribution is 1.85. The lowest BCUT2D eigenvalue weighted by Crippen LogP contribution is -2.42. The Bertz CT molecular complexity index is 219. The lowest BCUT2D eigenvalue weighted by molar-refractivity contribution is -0.125. The molecule has 0 spiro atoms. The predicted octanol–water partition coefficient (Wildman–Crippen LogP) is 0.0169. The van der Waals surface area contributed by atoms with Crippen molar-refractivity contribution in [2.24, 2.45) is 0 Å². The molecule has 0 saturated heterocycles. The van der Waals surface area contributed by atoms with Gasteiger partial charge in [0.2, 0.25) is 11.8 Å². The van der Waals surface area contributed by atoms with Crippen LogP contribution in [0.25, 0.3) is 0 Å². The highest BCUT2D eigenvalue weighted by Gasteiger charge is 2.05. The summed E-state index contributed by atoms with van der Waals surface area (Å²) in [6.45, 7) is 7.01. The lowest BCUT2D eigenvalue weighted by atomic mass is 10.2. The van der Waals surface area contributed by atoms with Gasteiger partial charge in [-0.15, -0.1) is 0 Å². The molecule has 5 nitrogen and oxygen atoms in total. The maximum Gasteiger partial charge on any atom is 0.239 e. The van der Waals surface area contributed by atoms with Crippen molar-refractivity contribution in [1.29, 1.82) is 0 Å². The molecule has 0 heterocycles. The summed E-state index contributed by atoms with van der Waals surface area (Å²) in [5, 5.41) is 8.30. The van der Waals surface area contributed by atoms with Crippen molar-refractivity contribution >= 4 is 11.8 Å². The minimum atomic E-state index is -0.146. The van der Waals surface area contributed by atoms with Crippen molar-refractivity contribution in [1.82, 2.24) is 16.0 Å². The summed E-state index contributed by atoms with van der Waals surface area (Å²) in [6.07, 6.45) is 1.87. The molecule has 0 aliphatic carbocycles. The lowest BCUT2D eigenvalue weighted by Gasteiger charge is -2.11. The third kappa shape index (κ3) is 8.23. The molecular formula is C11H23N3O2. The first-order valence-corrected chi connectivity index (χ1v) is 5.86. The summed E-state index contributed by atoms with van der Waals surface area (Å²) >= 11 is 0. The zero-order chi connectivity index (χ0) is 12.4. The van der Waals surface area contributed by atoms with Crippen molar-refractivity contribution in [3.05, 3.63) is 0 Å². The van der Waals surface area contributed by atoms with Crippen molar-refractivity contribution in [2.75, 3.05) is 19.6 Å². The minimum Gasteiger partial charge on any atom is -0.355 e. The number of nitrogens with one attached hydrogen (secondary N) is 3. The van der Waals surface area contributed by atoms with E-state index in [-0.39, 0.29) is 24.9 Å². The molecule has 0 aromatic rings. The van der Waals surface area contributed by atoms with Crippen LogP contribution in [-0.4, -0.2) is 37.5 Å². The zero-order valence-corrected chi connectivity index (χ0v) is 10.4. The Hall–Kier alpha value is -1.10. The van der Waals surface area contributed by atoms with Crippen LogP contribution in [0, 0.1) is 0 Å². The van der Waals surface area contributed by atoms with E-state index in [0.717, 1.165) is 12.8 Å². The van der Waals surface area contributed by atoms with E-state index in [0.29, 0.717) is 12.6 Å². The molecule has 0 bridgehead atoms. The van der Waals surface area contributed by atoms with E-state index < -0.39 is 0 Å². The van der Waals surface area contributed by atoms with Gasteiger partial charge in [-0.3, -0.25) is 9.59 Å². The number of carbonyl (C=O) groups is 2. The second kappa shape index (κ2) is 9.15. The Kier molecular flexibility index (Phi) is 8.52. The topological polar surface area (TPSA) is 70.2 Å². The molecule has 94 valence electrons. The van der Waals surface area contributed by atoms with Crippen LogP contribution in [0.5, 0.6) is 0 Å². The summed E-state index contributed by atoms with van der Waals surface area (Å²) < 4.78 is 0. The molecule has 0 aliphatic rings. The molecule has 0 aromatic heterocycles. The van der Waals surface area contributed by atoms with Gasteiger partial charge < -0.3 is 16.0 Å². The maximum absolute atomic E-state index is 11.3. The van der Waals surface area contributed by atoms with E-state index in [4.69, 9.17) is 0 Å². The summed E-state index contributed by atoms with van der Waals surface area (Å²) in [7, 11) is 0. The van der Waals surface area contributed by atoms with E-state index in [1.54, 1.807) is 0 Å². The van der Waals surface area contributed by atoms with Gasteiger partial charge in [-0.05, 0) is 19.8 Å². The van der Waals surface area contributed by atoms with Gasteiger partial charge in [0.1, 0.15) is 0 Å². The fourth-order valence-corrected chi connectivity index (χ4v) is 0.980. The number of hydrogen-bond donors (Lipinski definition) is 3. The quantitative estimate of drug-likeness (QED) is 0.549. The number of amides is 2. The maximum atomic E-state index is 11.3. The largest absolute Gasteiger partial charge is 0.355 e. The Balaban J connectivity index is 3.53. The van der Waals surface area contributed by atoms with Gasteiger partial charge in [0.15, 0.2) is 0 Å². The molecular weight excluding hydrogens is 206 g/mol. The summed E-state index contributed by atoms with van der Waals surface area (Å²) in [5.41, 5.74) is 0.